The first-order valence-electron chi connectivity index (χ1n) is 6.91. The van der Waals surface area contributed by atoms with Gasteiger partial charge in [0.05, 0.1) is 6.10 Å². The predicted octanol–water partition coefficient (Wildman–Crippen LogP) is 2.72. The first-order valence-corrected chi connectivity index (χ1v) is 6.91. The van der Waals surface area contributed by atoms with Gasteiger partial charge in [-0.1, -0.05) is 0 Å². The van der Waals surface area contributed by atoms with Crippen LogP contribution in [0.3, 0.4) is 0 Å². The lowest BCUT2D eigenvalue weighted by molar-refractivity contribution is 0.116. The molecule has 2 rings (SSSR count). The van der Waals surface area contributed by atoms with E-state index in [1.165, 1.54) is 6.07 Å². The van der Waals surface area contributed by atoms with Crippen molar-refractivity contribution in [2.45, 2.75) is 31.9 Å². The van der Waals surface area contributed by atoms with E-state index >= 15 is 0 Å². The van der Waals surface area contributed by atoms with E-state index in [1.54, 1.807) is 6.07 Å². The third kappa shape index (κ3) is 3.45. The van der Waals surface area contributed by atoms with Gasteiger partial charge in [0.25, 0.3) is 0 Å². The van der Waals surface area contributed by atoms with Crippen LogP contribution in [0.4, 0.5) is 10.1 Å². The highest BCUT2D eigenvalue weighted by atomic mass is 19.1. The Kier molecular flexibility index (Phi) is 4.77. The molecule has 1 aliphatic rings. The summed E-state index contributed by atoms with van der Waals surface area (Å²) in [4.78, 5) is 2.17. The number of hydrogen-bond donors (Lipinski definition) is 1. The molecule has 0 spiro atoms. The zero-order valence-electron chi connectivity index (χ0n) is 11.9. The Balaban J connectivity index is 2.17. The van der Waals surface area contributed by atoms with E-state index in [2.05, 4.69) is 10.2 Å². The molecule has 19 heavy (non-hydrogen) atoms. The zero-order valence-corrected chi connectivity index (χ0v) is 11.9. The third-order valence-corrected chi connectivity index (χ3v) is 3.80. The van der Waals surface area contributed by atoms with E-state index < -0.39 is 0 Å². The monoisotopic (exact) mass is 266 g/mol. The fourth-order valence-electron chi connectivity index (χ4n) is 2.57. The van der Waals surface area contributed by atoms with Crippen molar-refractivity contribution in [3.05, 3.63) is 29.6 Å². The summed E-state index contributed by atoms with van der Waals surface area (Å²) < 4.78 is 19.1. The van der Waals surface area contributed by atoms with E-state index in [0.717, 1.165) is 37.2 Å². The zero-order chi connectivity index (χ0) is 13.8. The van der Waals surface area contributed by atoms with Crippen LogP contribution >= 0.6 is 0 Å². The maximum atomic E-state index is 13.4. The van der Waals surface area contributed by atoms with Gasteiger partial charge in [-0.3, -0.25) is 0 Å². The first-order chi connectivity index (χ1) is 9.11. The predicted molar refractivity (Wildman–Crippen MR) is 76.1 cm³/mol. The van der Waals surface area contributed by atoms with Crippen LogP contribution in [0.15, 0.2) is 18.2 Å². The normalized spacial score (nSPS) is 20.5. The van der Waals surface area contributed by atoms with Crippen LogP contribution in [0.2, 0.25) is 0 Å². The van der Waals surface area contributed by atoms with E-state index in [9.17, 15) is 4.39 Å². The number of likely N-dealkylation sites (N-methyl/N-ethyl adjacent to an activating group) is 1. The lowest BCUT2D eigenvalue weighted by Gasteiger charge is -2.27. The SMILES string of the molecule is CNC(C)c1cc(F)ccc1N(C)CC1CCCO1. The van der Waals surface area contributed by atoms with Crippen molar-refractivity contribution < 1.29 is 9.13 Å². The molecule has 0 bridgehead atoms. The summed E-state index contributed by atoms with van der Waals surface area (Å²) in [6, 6.07) is 5.11. The summed E-state index contributed by atoms with van der Waals surface area (Å²) in [5, 5.41) is 3.17. The second-order valence-electron chi connectivity index (χ2n) is 5.23. The van der Waals surface area contributed by atoms with E-state index in [0.29, 0.717) is 6.10 Å². The molecule has 0 aromatic heterocycles. The number of nitrogens with zero attached hydrogens (tertiary/aromatic N) is 1. The number of nitrogens with one attached hydrogen (secondary N) is 1. The van der Waals surface area contributed by atoms with Crippen LogP contribution < -0.4 is 10.2 Å². The van der Waals surface area contributed by atoms with Crippen molar-refractivity contribution in [1.82, 2.24) is 5.32 Å². The Bertz CT molecular complexity index is 419. The summed E-state index contributed by atoms with van der Waals surface area (Å²) in [7, 11) is 3.93. The molecule has 1 fully saturated rings. The second kappa shape index (κ2) is 6.35. The Morgan fingerprint density at radius 1 is 1.53 bits per heavy atom. The highest BCUT2D eigenvalue weighted by molar-refractivity contribution is 5.54. The van der Waals surface area contributed by atoms with Gasteiger partial charge in [-0.15, -0.1) is 0 Å². The van der Waals surface area contributed by atoms with Gasteiger partial charge in [0.1, 0.15) is 5.82 Å². The van der Waals surface area contributed by atoms with Crippen LogP contribution in [0.5, 0.6) is 0 Å². The fourth-order valence-corrected chi connectivity index (χ4v) is 2.57. The lowest BCUT2D eigenvalue weighted by atomic mass is 10.0. The van der Waals surface area contributed by atoms with Gasteiger partial charge in [-0.2, -0.15) is 0 Å². The smallest absolute Gasteiger partial charge is 0.123 e. The molecular formula is C15H23FN2O. The van der Waals surface area contributed by atoms with Crippen LogP contribution in [-0.2, 0) is 4.74 Å². The summed E-state index contributed by atoms with van der Waals surface area (Å²) in [6.07, 6.45) is 2.55. The minimum atomic E-state index is -0.189. The van der Waals surface area contributed by atoms with E-state index in [-0.39, 0.29) is 11.9 Å². The largest absolute Gasteiger partial charge is 0.376 e. The van der Waals surface area contributed by atoms with Gasteiger partial charge in [-0.05, 0) is 50.6 Å². The number of anilines is 1. The van der Waals surface area contributed by atoms with Crippen molar-refractivity contribution in [3.63, 3.8) is 0 Å². The third-order valence-electron chi connectivity index (χ3n) is 3.80. The number of rotatable bonds is 5. The van der Waals surface area contributed by atoms with Crippen LogP contribution in [0.25, 0.3) is 0 Å². The van der Waals surface area contributed by atoms with Gasteiger partial charge in [-0.25, -0.2) is 4.39 Å². The summed E-state index contributed by atoms with van der Waals surface area (Å²) in [5.74, 6) is -0.189. The Morgan fingerprint density at radius 2 is 2.32 bits per heavy atom. The van der Waals surface area contributed by atoms with Crippen molar-refractivity contribution in [2.75, 3.05) is 32.1 Å². The second-order valence-corrected chi connectivity index (χ2v) is 5.23. The molecule has 1 aromatic rings. The summed E-state index contributed by atoms with van der Waals surface area (Å²) >= 11 is 0. The van der Waals surface area contributed by atoms with E-state index in [4.69, 9.17) is 4.74 Å². The molecule has 2 atom stereocenters. The van der Waals surface area contributed by atoms with Gasteiger partial charge in [0.2, 0.25) is 0 Å². The quantitative estimate of drug-likeness (QED) is 0.887. The molecule has 1 aliphatic heterocycles. The molecule has 106 valence electrons. The van der Waals surface area contributed by atoms with E-state index in [1.807, 2.05) is 27.1 Å². The first kappa shape index (κ1) is 14.3. The van der Waals surface area contributed by atoms with Gasteiger partial charge >= 0.3 is 0 Å². The fraction of sp³-hybridized carbons (Fsp3) is 0.600. The van der Waals surface area contributed by atoms with Gasteiger partial charge < -0.3 is 15.0 Å². The molecule has 0 aliphatic carbocycles. The lowest BCUT2D eigenvalue weighted by Crippen LogP contribution is -2.30. The van der Waals surface area contributed by atoms with Crippen molar-refractivity contribution in [1.29, 1.82) is 0 Å². The highest BCUT2D eigenvalue weighted by Gasteiger charge is 2.20. The van der Waals surface area contributed by atoms with Gasteiger partial charge in [0, 0.05) is 31.9 Å². The Hall–Kier alpha value is -1.13. The molecule has 1 aromatic carbocycles. The van der Waals surface area contributed by atoms with Crippen molar-refractivity contribution >= 4 is 5.69 Å². The maximum Gasteiger partial charge on any atom is 0.123 e. The van der Waals surface area contributed by atoms with Crippen molar-refractivity contribution in [2.24, 2.45) is 0 Å². The Morgan fingerprint density at radius 3 is 2.95 bits per heavy atom. The molecule has 4 heteroatoms. The van der Waals surface area contributed by atoms with Crippen LogP contribution in [0.1, 0.15) is 31.4 Å². The standard InChI is InChI=1S/C15H23FN2O/c1-11(17-2)14-9-12(16)6-7-15(14)18(3)10-13-5-4-8-19-13/h6-7,9,11,13,17H,4-5,8,10H2,1-3H3. The molecule has 3 nitrogen and oxygen atoms in total. The number of halogens is 1. The average Bonchev–Trinajstić information content (AvgIpc) is 2.90. The molecule has 0 saturated carbocycles. The number of ether oxygens (including phenoxy) is 1. The highest BCUT2D eigenvalue weighted by Crippen LogP contribution is 2.27. The summed E-state index contributed by atoms with van der Waals surface area (Å²) in [5.41, 5.74) is 2.06. The summed E-state index contributed by atoms with van der Waals surface area (Å²) in [6.45, 7) is 3.76. The molecule has 1 N–H and O–H groups in total. The molecule has 2 unspecified atom stereocenters. The molecule has 1 heterocycles. The van der Waals surface area contributed by atoms with Crippen molar-refractivity contribution in [3.8, 4) is 0 Å². The molecule has 0 radical (unpaired) electrons. The topological polar surface area (TPSA) is 24.5 Å². The number of hydrogen-bond acceptors (Lipinski definition) is 3. The molecule has 0 amide bonds. The van der Waals surface area contributed by atoms with Gasteiger partial charge in [0.15, 0.2) is 0 Å². The van der Waals surface area contributed by atoms with Crippen LogP contribution in [0, 0.1) is 5.82 Å². The maximum absolute atomic E-state index is 13.4. The average molecular weight is 266 g/mol. The minimum absolute atomic E-state index is 0.123. The Labute approximate surface area is 114 Å². The number of benzene rings is 1. The molecular weight excluding hydrogens is 243 g/mol. The minimum Gasteiger partial charge on any atom is -0.376 e. The molecule has 1 saturated heterocycles. The van der Waals surface area contributed by atoms with Crippen LogP contribution in [-0.4, -0.2) is 33.4 Å².